The second kappa shape index (κ2) is 4.38. The Balaban J connectivity index is 1.90. The van der Waals surface area contributed by atoms with Crippen molar-refractivity contribution in [2.24, 2.45) is 0 Å². The summed E-state index contributed by atoms with van der Waals surface area (Å²) < 4.78 is 2.62. The molecule has 4 aromatic carbocycles. The summed E-state index contributed by atoms with van der Waals surface area (Å²) in [5.74, 6) is 0. The van der Waals surface area contributed by atoms with Crippen molar-refractivity contribution in [3.63, 3.8) is 0 Å². The molecule has 0 radical (unpaired) electrons. The van der Waals surface area contributed by atoms with E-state index < -0.39 is 0 Å². The van der Waals surface area contributed by atoms with Crippen LogP contribution in [0.15, 0.2) is 66.7 Å². The minimum Gasteiger partial charge on any atom is -0.134 e. The van der Waals surface area contributed by atoms with Crippen LogP contribution in [0.2, 0.25) is 5.02 Å². The van der Waals surface area contributed by atoms with Crippen LogP contribution in [0.4, 0.5) is 0 Å². The summed E-state index contributed by atoms with van der Waals surface area (Å²) in [5.41, 5.74) is 5.41. The molecule has 24 heavy (non-hydrogen) atoms. The lowest BCUT2D eigenvalue weighted by Crippen LogP contribution is -1.77. The quantitative estimate of drug-likeness (QED) is 0.268. The SMILES string of the molecule is Clc1ccc2c(c1)sc1c3cccc4c3c(cc21)-c1ccccc1-4. The molecule has 0 nitrogen and oxygen atoms in total. The Morgan fingerprint density at radius 3 is 2.29 bits per heavy atom. The normalized spacial score (nSPS) is 12.4. The van der Waals surface area contributed by atoms with Gasteiger partial charge in [0.2, 0.25) is 0 Å². The second-order valence-corrected chi connectivity index (χ2v) is 7.81. The lowest BCUT2D eigenvalue weighted by atomic mass is 10.00. The molecule has 0 unspecified atom stereocenters. The number of halogens is 1. The van der Waals surface area contributed by atoms with E-state index in [9.17, 15) is 0 Å². The van der Waals surface area contributed by atoms with Crippen molar-refractivity contribution < 1.29 is 0 Å². The van der Waals surface area contributed by atoms with E-state index in [0.717, 1.165) is 5.02 Å². The van der Waals surface area contributed by atoms with Crippen molar-refractivity contribution in [2.75, 3.05) is 0 Å². The summed E-state index contributed by atoms with van der Waals surface area (Å²) in [6.07, 6.45) is 0. The van der Waals surface area contributed by atoms with Crippen molar-refractivity contribution in [3.05, 3.63) is 71.8 Å². The van der Waals surface area contributed by atoms with Gasteiger partial charge >= 0.3 is 0 Å². The number of fused-ring (bicyclic) bond motifs is 7. The van der Waals surface area contributed by atoms with Gasteiger partial charge < -0.3 is 0 Å². The van der Waals surface area contributed by atoms with Crippen molar-refractivity contribution in [1.82, 2.24) is 0 Å². The smallest absolute Gasteiger partial charge is 0.0434 e. The zero-order valence-corrected chi connectivity index (χ0v) is 14.2. The minimum absolute atomic E-state index is 0.803. The molecule has 0 aliphatic heterocycles. The molecule has 0 N–H and O–H groups in total. The van der Waals surface area contributed by atoms with Gasteiger partial charge in [-0.05, 0) is 45.8 Å². The molecule has 1 aromatic heterocycles. The fraction of sp³-hybridized carbons (Fsp3) is 0. The highest BCUT2D eigenvalue weighted by atomic mass is 35.5. The Hall–Kier alpha value is -2.35. The number of hydrogen-bond acceptors (Lipinski definition) is 1. The van der Waals surface area contributed by atoms with Gasteiger partial charge in [-0.1, -0.05) is 60.1 Å². The zero-order chi connectivity index (χ0) is 15.8. The fourth-order valence-corrected chi connectivity index (χ4v) is 5.56. The fourth-order valence-electron chi connectivity index (χ4n) is 4.07. The molecular formula is C22H11ClS. The average Bonchev–Trinajstić information content (AvgIpc) is 3.13. The topological polar surface area (TPSA) is 0 Å². The van der Waals surface area contributed by atoms with E-state index in [2.05, 4.69) is 60.7 Å². The van der Waals surface area contributed by atoms with Gasteiger partial charge in [-0.3, -0.25) is 0 Å². The van der Waals surface area contributed by atoms with E-state index in [-0.39, 0.29) is 0 Å². The van der Waals surface area contributed by atoms with E-state index in [1.807, 2.05) is 17.4 Å². The minimum atomic E-state index is 0.803. The molecule has 0 atom stereocenters. The van der Waals surface area contributed by atoms with Gasteiger partial charge in [0.25, 0.3) is 0 Å². The summed E-state index contributed by atoms with van der Waals surface area (Å²) in [4.78, 5) is 0. The maximum atomic E-state index is 6.21. The lowest BCUT2D eigenvalue weighted by molar-refractivity contribution is 1.70. The van der Waals surface area contributed by atoms with Crippen LogP contribution in [0.1, 0.15) is 0 Å². The number of benzene rings is 4. The van der Waals surface area contributed by atoms with Crippen LogP contribution in [-0.4, -0.2) is 0 Å². The van der Waals surface area contributed by atoms with Crippen LogP contribution in [0.25, 0.3) is 53.2 Å². The molecule has 1 heterocycles. The van der Waals surface area contributed by atoms with Gasteiger partial charge in [0, 0.05) is 30.6 Å². The van der Waals surface area contributed by atoms with Gasteiger partial charge in [-0.2, -0.15) is 0 Å². The zero-order valence-electron chi connectivity index (χ0n) is 12.6. The Kier molecular flexibility index (Phi) is 2.37. The predicted molar refractivity (Wildman–Crippen MR) is 106 cm³/mol. The highest BCUT2D eigenvalue weighted by molar-refractivity contribution is 7.26. The maximum absolute atomic E-state index is 6.21. The van der Waals surface area contributed by atoms with Gasteiger partial charge in [-0.15, -0.1) is 11.3 Å². The van der Waals surface area contributed by atoms with Crippen LogP contribution in [0.5, 0.6) is 0 Å². The molecule has 0 amide bonds. The second-order valence-electron chi connectivity index (χ2n) is 6.32. The van der Waals surface area contributed by atoms with E-state index in [1.165, 1.54) is 53.2 Å². The van der Waals surface area contributed by atoms with E-state index in [4.69, 9.17) is 11.6 Å². The summed E-state index contributed by atoms with van der Waals surface area (Å²) in [7, 11) is 0. The van der Waals surface area contributed by atoms with Gasteiger partial charge in [-0.25, -0.2) is 0 Å². The molecule has 0 saturated heterocycles. The Bertz CT molecular complexity index is 1310. The van der Waals surface area contributed by atoms with Crippen molar-refractivity contribution in [2.45, 2.75) is 0 Å². The van der Waals surface area contributed by atoms with Crippen molar-refractivity contribution in [1.29, 1.82) is 0 Å². The van der Waals surface area contributed by atoms with Crippen LogP contribution in [0.3, 0.4) is 0 Å². The molecule has 5 aromatic rings. The summed E-state index contributed by atoms with van der Waals surface area (Å²) in [6.45, 7) is 0. The first-order chi connectivity index (χ1) is 11.8. The van der Waals surface area contributed by atoms with E-state index in [0.29, 0.717) is 0 Å². The van der Waals surface area contributed by atoms with Gasteiger partial charge in [0.15, 0.2) is 0 Å². The Morgan fingerprint density at radius 2 is 1.42 bits per heavy atom. The first-order valence-corrected chi connectivity index (χ1v) is 9.18. The Labute approximate surface area is 147 Å². The maximum Gasteiger partial charge on any atom is 0.0434 e. The Morgan fingerprint density at radius 1 is 0.625 bits per heavy atom. The molecule has 0 bridgehead atoms. The first kappa shape index (κ1) is 13.0. The molecule has 2 heteroatoms. The third-order valence-electron chi connectivity index (χ3n) is 5.06. The predicted octanol–water partition coefficient (Wildman–Crippen LogP) is 7.51. The third-order valence-corrected chi connectivity index (χ3v) is 6.50. The molecule has 6 rings (SSSR count). The molecule has 0 saturated carbocycles. The number of hydrogen-bond donors (Lipinski definition) is 0. The van der Waals surface area contributed by atoms with Crippen LogP contribution >= 0.6 is 22.9 Å². The summed E-state index contributed by atoms with van der Waals surface area (Å²) in [5, 5.41) is 6.18. The van der Waals surface area contributed by atoms with Gasteiger partial charge in [0.05, 0.1) is 0 Å². The molecule has 112 valence electrons. The average molecular weight is 343 g/mol. The molecule has 0 fully saturated rings. The highest BCUT2D eigenvalue weighted by Gasteiger charge is 2.23. The largest absolute Gasteiger partial charge is 0.134 e. The molecule has 0 spiro atoms. The molecule has 1 aliphatic rings. The number of thiophene rings is 1. The van der Waals surface area contributed by atoms with Crippen LogP contribution < -0.4 is 0 Å². The first-order valence-electron chi connectivity index (χ1n) is 7.98. The van der Waals surface area contributed by atoms with Gasteiger partial charge in [0.1, 0.15) is 0 Å². The summed E-state index contributed by atoms with van der Waals surface area (Å²) >= 11 is 8.05. The molecule has 1 aliphatic carbocycles. The van der Waals surface area contributed by atoms with E-state index >= 15 is 0 Å². The monoisotopic (exact) mass is 342 g/mol. The van der Waals surface area contributed by atoms with Crippen LogP contribution in [-0.2, 0) is 0 Å². The highest BCUT2D eigenvalue weighted by Crippen LogP contribution is 2.51. The summed E-state index contributed by atoms with van der Waals surface area (Å²) in [6, 6.07) is 24.0. The molecular weight excluding hydrogens is 332 g/mol. The van der Waals surface area contributed by atoms with E-state index in [1.54, 1.807) is 0 Å². The third kappa shape index (κ3) is 1.49. The van der Waals surface area contributed by atoms with Crippen molar-refractivity contribution in [3.8, 4) is 22.3 Å². The number of rotatable bonds is 0. The lowest BCUT2D eigenvalue weighted by Gasteiger charge is -2.04. The standard InChI is InChI=1S/C22H11ClS/c23-12-8-9-15-19-11-18-14-5-2-1-4-13(14)16-6-3-7-17(21(16)18)22(19)24-20(15)10-12/h1-11H. The van der Waals surface area contributed by atoms with Crippen molar-refractivity contribution >= 4 is 53.9 Å². The van der Waals surface area contributed by atoms with Crippen LogP contribution in [0, 0.1) is 0 Å².